The average molecular weight is 475 g/mol. The lowest BCUT2D eigenvalue weighted by molar-refractivity contribution is -0.142. The van der Waals surface area contributed by atoms with Gasteiger partial charge in [0.25, 0.3) is 0 Å². The number of methoxy groups -OCH3 is 1. The lowest BCUT2D eigenvalue weighted by atomic mass is 9.77. The maximum absolute atomic E-state index is 12.2. The number of benzene rings is 3. The van der Waals surface area contributed by atoms with Crippen LogP contribution in [-0.4, -0.2) is 28.4 Å². The van der Waals surface area contributed by atoms with Crippen molar-refractivity contribution < 1.29 is 29.6 Å². The monoisotopic (exact) mass is 474 g/mol. The molecule has 0 heterocycles. The highest BCUT2D eigenvalue weighted by molar-refractivity contribution is 5.86. The first-order valence-corrected chi connectivity index (χ1v) is 11.5. The molecule has 0 aliphatic heterocycles. The molecular weight excluding hydrogens is 444 g/mol. The van der Waals surface area contributed by atoms with E-state index < -0.39 is 17.8 Å². The van der Waals surface area contributed by atoms with Crippen LogP contribution < -0.4 is 4.74 Å². The second-order valence-electron chi connectivity index (χ2n) is 7.73. The molecule has 0 radical (unpaired) electrons. The summed E-state index contributed by atoms with van der Waals surface area (Å²) in [6, 6.07) is 23.1. The minimum Gasteiger partial charge on any atom is -0.511 e. The van der Waals surface area contributed by atoms with E-state index in [-0.39, 0.29) is 11.5 Å². The summed E-state index contributed by atoms with van der Waals surface area (Å²) in [5, 5.41) is 30.5. The highest BCUT2D eigenvalue weighted by Crippen LogP contribution is 2.44. The number of rotatable bonds is 7. The van der Waals surface area contributed by atoms with Crippen molar-refractivity contribution in [1.82, 2.24) is 0 Å². The number of carbonyl (C=O) groups is 1. The van der Waals surface area contributed by atoms with Crippen LogP contribution in [0.1, 0.15) is 36.5 Å². The fourth-order valence-corrected chi connectivity index (χ4v) is 3.98. The lowest BCUT2D eigenvalue weighted by Gasteiger charge is -2.30. The molecule has 1 aliphatic carbocycles. The van der Waals surface area contributed by atoms with Gasteiger partial charge in [0.05, 0.1) is 13.0 Å². The summed E-state index contributed by atoms with van der Waals surface area (Å²) in [4.78, 5) is 12.2. The summed E-state index contributed by atoms with van der Waals surface area (Å²) in [6.45, 7) is 4.42. The van der Waals surface area contributed by atoms with Gasteiger partial charge in [0.15, 0.2) is 0 Å². The molecular formula is C29H30O6. The molecule has 35 heavy (non-hydrogen) atoms. The van der Waals surface area contributed by atoms with E-state index in [0.29, 0.717) is 34.8 Å². The molecule has 0 saturated carbocycles. The maximum Gasteiger partial charge on any atom is 0.315 e. The summed E-state index contributed by atoms with van der Waals surface area (Å²) in [7, 11) is 1.48. The Kier molecular flexibility index (Phi) is 8.57. The SMILES string of the molecule is CC.COC1=CC(c2ccc(O)cc2)=C(O)C(C(=O)O)C1c1ccc(OCc2ccccc2)cc1. The van der Waals surface area contributed by atoms with Crippen molar-refractivity contribution in [3.05, 3.63) is 113 Å². The third kappa shape index (κ3) is 5.84. The van der Waals surface area contributed by atoms with Crippen LogP contribution in [-0.2, 0) is 16.1 Å². The molecule has 6 heteroatoms. The van der Waals surface area contributed by atoms with Gasteiger partial charge in [0.1, 0.15) is 35.5 Å². The van der Waals surface area contributed by atoms with Crippen LogP contribution in [0.15, 0.2) is 96.5 Å². The lowest BCUT2D eigenvalue weighted by Crippen LogP contribution is -2.29. The van der Waals surface area contributed by atoms with Gasteiger partial charge in [-0.3, -0.25) is 4.79 Å². The van der Waals surface area contributed by atoms with Gasteiger partial charge < -0.3 is 24.8 Å². The molecule has 0 amide bonds. The third-order valence-corrected chi connectivity index (χ3v) is 5.66. The maximum atomic E-state index is 12.2. The smallest absolute Gasteiger partial charge is 0.315 e. The zero-order valence-electron chi connectivity index (χ0n) is 20.0. The van der Waals surface area contributed by atoms with Crippen molar-refractivity contribution in [3.8, 4) is 11.5 Å². The summed E-state index contributed by atoms with van der Waals surface area (Å²) in [6.07, 6.45) is 1.64. The number of aromatic hydroxyl groups is 1. The Hall–Kier alpha value is -4.19. The molecule has 6 nitrogen and oxygen atoms in total. The zero-order chi connectivity index (χ0) is 25.4. The second-order valence-corrected chi connectivity index (χ2v) is 7.73. The van der Waals surface area contributed by atoms with E-state index in [1.54, 1.807) is 42.5 Å². The van der Waals surface area contributed by atoms with Gasteiger partial charge in [-0.1, -0.05) is 68.4 Å². The number of carboxylic acids is 1. The number of aliphatic hydroxyl groups excluding tert-OH is 1. The highest BCUT2D eigenvalue weighted by Gasteiger charge is 2.41. The number of phenolic OH excluding ortho intramolecular Hbond substituents is 1. The number of aliphatic carboxylic acids is 1. The van der Waals surface area contributed by atoms with Gasteiger partial charge in [-0.25, -0.2) is 0 Å². The quantitative estimate of drug-likeness (QED) is 0.372. The van der Waals surface area contributed by atoms with Gasteiger partial charge in [-0.2, -0.15) is 0 Å². The van der Waals surface area contributed by atoms with Gasteiger partial charge >= 0.3 is 5.97 Å². The molecule has 1 aliphatic rings. The normalized spacial score (nSPS) is 17.1. The predicted octanol–water partition coefficient (Wildman–Crippen LogP) is 6.30. The third-order valence-electron chi connectivity index (χ3n) is 5.66. The molecule has 0 spiro atoms. The number of hydrogen-bond acceptors (Lipinski definition) is 5. The van der Waals surface area contributed by atoms with Crippen LogP contribution in [0.2, 0.25) is 0 Å². The van der Waals surface area contributed by atoms with E-state index in [0.717, 1.165) is 5.56 Å². The number of ether oxygens (including phenoxy) is 2. The van der Waals surface area contributed by atoms with Gasteiger partial charge in [-0.15, -0.1) is 0 Å². The number of phenols is 1. The first-order valence-electron chi connectivity index (χ1n) is 11.5. The van der Waals surface area contributed by atoms with Crippen LogP contribution in [0.25, 0.3) is 5.57 Å². The second kappa shape index (κ2) is 11.8. The molecule has 3 aromatic rings. The van der Waals surface area contributed by atoms with E-state index in [1.807, 2.05) is 44.2 Å². The minimum absolute atomic E-state index is 0.0767. The summed E-state index contributed by atoms with van der Waals surface area (Å²) in [5.74, 6) is -2.22. The topological polar surface area (TPSA) is 96.2 Å². The predicted molar refractivity (Wildman–Crippen MR) is 135 cm³/mol. The molecule has 3 aromatic carbocycles. The van der Waals surface area contributed by atoms with Crippen molar-refractivity contribution in [3.63, 3.8) is 0 Å². The van der Waals surface area contributed by atoms with Crippen molar-refractivity contribution in [2.24, 2.45) is 5.92 Å². The number of hydrogen-bond donors (Lipinski definition) is 3. The molecule has 182 valence electrons. The van der Waals surface area contributed by atoms with Gasteiger partial charge in [0, 0.05) is 5.57 Å². The average Bonchev–Trinajstić information content (AvgIpc) is 2.89. The molecule has 4 rings (SSSR count). The fourth-order valence-electron chi connectivity index (χ4n) is 3.98. The molecule has 0 saturated heterocycles. The number of aliphatic hydroxyl groups is 1. The van der Waals surface area contributed by atoms with Crippen molar-refractivity contribution in [1.29, 1.82) is 0 Å². The molecule has 2 unspecified atom stereocenters. The Labute approximate surface area is 205 Å². The minimum atomic E-state index is -1.23. The highest BCUT2D eigenvalue weighted by atomic mass is 16.5. The Morgan fingerprint density at radius 2 is 1.51 bits per heavy atom. The Balaban J connectivity index is 0.00000167. The molecule has 0 bridgehead atoms. The van der Waals surface area contributed by atoms with Crippen LogP contribution >= 0.6 is 0 Å². The summed E-state index contributed by atoms with van der Waals surface area (Å²) < 4.78 is 11.4. The van der Waals surface area contributed by atoms with Crippen LogP contribution in [0, 0.1) is 5.92 Å². The Morgan fingerprint density at radius 1 is 0.886 bits per heavy atom. The summed E-state index contributed by atoms with van der Waals surface area (Å²) >= 11 is 0. The number of carboxylic acid groups (broad SMARTS) is 1. The summed E-state index contributed by atoms with van der Waals surface area (Å²) in [5.41, 5.74) is 2.65. The van der Waals surface area contributed by atoms with Crippen LogP contribution in [0.3, 0.4) is 0 Å². The molecule has 3 N–H and O–H groups in total. The molecule has 0 aromatic heterocycles. The van der Waals surface area contributed by atoms with Crippen LogP contribution in [0.5, 0.6) is 11.5 Å². The Morgan fingerprint density at radius 3 is 2.09 bits per heavy atom. The van der Waals surface area contributed by atoms with Gasteiger partial charge in [-0.05, 0) is 47.0 Å². The van der Waals surface area contributed by atoms with Crippen molar-refractivity contribution in [2.45, 2.75) is 26.4 Å². The largest absolute Gasteiger partial charge is 0.511 e. The first kappa shape index (κ1) is 25.4. The van der Waals surface area contributed by atoms with E-state index in [1.165, 1.54) is 19.2 Å². The Bertz CT molecular complexity index is 1180. The van der Waals surface area contributed by atoms with Crippen LogP contribution in [0.4, 0.5) is 0 Å². The van der Waals surface area contributed by atoms with Crippen molar-refractivity contribution in [2.75, 3.05) is 7.11 Å². The standard InChI is InChI=1S/C27H24O6.C2H6/c1-32-23-15-22(18-7-11-20(28)12-8-18)26(29)25(27(30)31)24(23)19-9-13-21(14-10-19)33-16-17-5-3-2-4-6-17;1-2/h2-15,24-25,28-29H,16H2,1H3,(H,30,31);1-2H3. The van der Waals surface area contributed by atoms with E-state index in [2.05, 4.69) is 0 Å². The zero-order valence-corrected chi connectivity index (χ0v) is 20.0. The fraction of sp³-hybridized carbons (Fsp3) is 0.207. The van der Waals surface area contributed by atoms with Gasteiger partial charge in [0.2, 0.25) is 0 Å². The van der Waals surface area contributed by atoms with Crippen molar-refractivity contribution >= 4 is 11.5 Å². The molecule has 0 fully saturated rings. The van der Waals surface area contributed by atoms with E-state index >= 15 is 0 Å². The first-order chi connectivity index (χ1) is 17.0. The van der Waals surface area contributed by atoms with E-state index in [4.69, 9.17) is 9.47 Å². The van der Waals surface area contributed by atoms with E-state index in [9.17, 15) is 20.1 Å². The molecule has 2 atom stereocenters. The number of allylic oxidation sites excluding steroid dienone is 3.